The number of benzene rings is 1. The molecule has 1 aromatic carbocycles. The van der Waals surface area contributed by atoms with Crippen LogP contribution in [0.25, 0.3) is 0 Å². The van der Waals surface area contributed by atoms with Gasteiger partial charge in [0, 0.05) is 19.7 Å². The van der Waals surface area contributed by atoms with Crippen molar-refractivity contribution in [3.63, 3.8) is 0 Å². The van der Waals surface area contributed by atoms with Gasteiger partial charge in [-0.3, -0.25) is 4.90 Å². The van der Waals surface area contributed by atoms with E-state index in [0.717, 1.165) is 31.6 Å². The Hall–Kier alpha value is -1.20. The SMILES string of the molecule is OCC1CCN(Cc2ccc(OCC(F)F)cc2)C1. The van der Waals surface area contributed by atoms with Crippen LogP contribution in [-0.4, -0.2) is 42.7 Å². The van der Waals surface area contributed by atoms with Crippen molar-refractivity contribution in [1.29, 1.82) is 0 Å². The Morgan fingerprint density at radius 3 is 2.63 bits per heavy atom. The van der Waals surface area contributed by atoms with Gasteiger partial charge in [0.05, 0.1) is 0 Å². The van der Waals surface area contributed by atoms with Gasteiger partial charge in [0.25, 0.3) is 6.43 Å². The minimum Gasteiger partial charge on any atom is -0.488 e. The third kappa shape index (κ3) is 4.44. The topological polar surface area (TPSA) is 32.7 Å². The molecule has 0 aromatic heterocycles. The van der Waals surface area contributed by atoms with Crippen LogP contribution in [0.3, 0.4) is 0 Å². The molecule has 1 heterocycles. The Kier molecular flexibility index (Phi) is 5.10. The lowest BCUT2D eigenvalue weighted by Gasteiger charge is -2.15. The average Bonchev–Trinajstić information content (AvgIpc) is 2.85. The van der Waals surface area contributed by atoms with Gasteiger partial charge in [-0.1, -0.05) is 12.1 Å². The van der Waals surface area contributed by atoms with Gasteiger partial charge >= 0.3 is 0 Å². The van der Waals surface area contributed by atoms with Gasteiger partial charge < -0.3 is 9.84 Å². The Labute approximate surface area is 111 Å². The van der Waals surface area contributed by atoms with Crippen molar-refractivity contribution in [2.24, 2.45) is 5.92 Å². The van der Waals surface area contributed by atoms with E-state index in [1.54, 1.807) is 12.1 Å². The Morgan fingerprint density at radius 1 is 1.32 bits per heavy atom. The summed E-state index contributed by atoms with van der Waals surface area (Å²) in [6.45, 7) is 2.42. The molecule has 1 aromatic rings. The van der Waals surface area contributed by atoms with E-state index in [1.807, 2.05) is 12.1 Å². The van der Waals surface area contributed by atoms with Gasteiger partial charge in [-0.05, 0) is 36.6 Å². The average molecular weight is 271 g/mol. The Morgan fingerprint density at radius 2 is 2.05 bits per heavy atom. The van der Waals surface area contributed by atoms with Crippen LogP contribution >= 0.6 is 0 Å². The summed E-state index contributed by atoms with van der Waals surface area (Å²) in [5.74, 6) is 0.854. The highest BCUT2D eigenvalue weighted by molar-refractivity contribution is 5.27. The van der Waals surface area contributed by atoms with Gasteiger partial charge in [-0.2, -0.15) is 0 Å². The van der Waals surface area contributed by atoms with E-state index in [2.05, 4.69) is 4.90 Å². The minimum absolute atomic E-state index is 0.247. The predicted octanol–water partition coefficient (Wildman–Crippen LogP) is 2.14. The first kappa shape index (κ1) is 14.2. The first-order chi connectivity index (χ1) is 9.17. The molecule has 1 unspecified atom stereocenters. The van der Waals surface area contributed by atoms with Crippen LogP contribution in [-0.2, 0) is 6.54 Å². The largest absolute Gasteiger partial charge is 0.488 e. The lowest BCUT2D eigenvalue weighted by molar-refractivity contribution is 0.0819. The monoisotopic (exact) mass is 271 g/mol. The standard InChI is InChI=1S/C14H19F2NO2/c15-14(16)10-19-13-3-1-11(2-4-13)7-17-6-5-12(8-17)9-18/h1-4,12,14,18H,5-10H2. The zero-order valence-electron chi connectivity index (χ0n) is 10.8. The summed E-state index contributed by atoms with van der Waals surface area (Å²) in [4.78, 5) is 2.29. The quantitative estimate of drug-likeness (QED) is 0.860. The van der Waals surface area contributed by atoms with E-state index in [9.17, 15) is 8.78 Å². The molecule has 1 fully saturated rings. The third-order valence-electron chi connectivity index (χ3n) is 3.33. The van der Waals surface area contributed by atoms with E-state index >= 15 is 0 Å². The molecule has 0 bridgehead atoms. The van der Waals surface area contributed by atoms with Crippen LogP contribution in [0, 0.1) is 5.92 Å². The van der Waals surface area contributed by atoms with Crippen molar-refractivity contribution < 1.29 is 18.6 Å². The zero-order valence-corrected chi connectivity index (χ0v) is 10.8. The maximum Gasteiger partial charge on any atom is 0.272 e. The fourth-order valence-electron chi connectivity index (χ4n) is 2.31. The molecule has 0 saturated carbocycles. The fraction of sp³-hybridized carbons (Fsp3) is 0.571. The molecule has 1 aliphatic rings. The number of aliphatic hydroxyl groups is 1. The lowest BCUT2D eigenvalue weighted by Crippen LogP contribution is -2.20. The van der Waals surface area contributed by atoms with Crippen LogP contribution in [0.2, 0.25) is 0 Å². The van der Waals surface area contributed by atoms with Crippen molar-refractivity contribution in [1.82, 2.24) is 4.90 Å². The second kappa shape index (κ2) is 6.82. The van der Waals surface area contributed by atoms with E-state index < -0.39 is 13.0 Å². The van der Waals surface area contributed by atoms with Crippen molar-refractivity contribution in [2.75, 3.05) is 26.3 Å². The Bertz CT molecular complexity index is 384. The number of hydrogen-bond acceptors (Lipinski definition) is 3. The van der Waals surface area contributed by atoms with Crippen molar-refractivity contribution >= 4 is 0 Å². The number of hydrogen-bond donors (Lipinski definition) is 1. The number of ether oxygens (including phenoxy) is 1. The molecule has 0 aliphatic carbocycles. The molecule has 0 amide bonds. The molecule has 3 nitrogen and oxygen atoms in total. The number of halogens is 2. The molecule has 106 valence electrons. The number of nitrogens with zero attached hydrogens (tertiary/aromatic N) is 1. The van der Waals surface area contributed by atoms with Crippen LogP contribution < -0.4 is 4.74 Å². The maximum atomic E-state index is 12.0. The van der Waals surface area contributed by atoms with E-state index in [1.165, 1.54) is 0 Å². The summed E-state index contributed by atoms with van der Waals surface area (Å²) in [5.41, 5.74) is 1.13. The number of rotatable bonds is 6. The summed E-state index contributed by atoms with van der Waals surface area (Å²) < 4.78 is 28.9. The van der Waals surface area contributed by atoms with Gasteiger partial charge in [0.15, 0.2) is 0 Å². The molecule has 19 heavy (non-hydrogen) atoms. The molecule has 0 radical (unpaired) electrons. The highest BCUT2D eigenvalue weighted by atomic mass is 19.3. The first-order valence-electron chi connectivity index (χ1n) is 6.50. The zero-order chi connectivity index (χ0) is 13.7. The lowest BCUT2D eigenvalue weighted by atomic mass is 10.1. The van der Waals surface area contributed by atoms with Crippen molar-refractivity contribution in [2.45, 2.75) is 19.4 Å². The van der Waals surface area contributed by atoms with Crippen LogP contribution in [0.1, 0.15) is 12.0 Å². The van der Waals surface area contributed by atoms with Crippen LogP contribution in [0.4, 0.5) is 8.78 Å². The summed E-state index contributed by atoms with van der Waals surface area (Å²) in [6.07, 6.45) is -1.41. The summed E-state index contributed by atoms with van der Waals surface area (Å²) in [6, 6.07) is 7.23. The van der Waals surface area contributed by atoms with Gasteiger partial charge in [-0.15, -0.1) is 0 Å². The summed E-state index contributed by atoms with van der Waals surface area (Å²) in [7, 11) is 0. The highest BCUT2D eigenvalue weighted by Crippen LogP contribution is 2.19. The molecular weight excluding hydrogens is 252 g/mol. The number of alkyl halides is 2. The van der Waals surface area contributed by atoms with E-state index in [4.69, 9.17) is 9.84 Å². The second-order valence-electron chi connectivity index (χ2n) is 4.92. The maximum absolute atomic E-state index is 12.0. The second-order valence-corrected chi connectivity index (χ2v) is 4.92. The number of likely N-dealkylation sites (tertiary alicyclic amines) is 1. The Balaban J connectivity index is 1.82. The molecule has 2 rings (SSSR count). The normalized spacial score (nSPS) is 20.1. The molecular formula is C14H19F2NO2. The van der Waals surface area contributed by atoms with Gasteiger partial charge in [-0.25, -0.2) is 8.78 Å². The van der Waals surface area contributed by atoms with Crippen molar-refractivity contribution in [3.05, 3.63) is 29.8 Å². The third-order valence-corrected chi connectivity index (χ3v) is 3.33. The molecule has 1 saturated heterocycles. The molecule has 1 aliphatic heterocycles. The fourth-order valence-corrected chi connectivity index (χ4v) is 2.31. The molecule has 1 N–H and O–H groups in total. The van der Waals surface area contributed by atoms with Crippen LogP contribution in [0.15, 0.2) is 24.3 Å². The number of aliphatic hydroxyl groups excluding tert-OH is 1. The molecule has 5 heteroatoms. The van der Waals surface area contributed by atoms with Gasteiger partial charge in [0.2, 0.25) is 0 Å². The van der Waals surface area contributed by atoms with Crippen LogP contribution in [0.5, 0.6) is 5.75 Å². The highest BCUT2D eigenvalue weighted by Gasteiger charge is 2.21. The summed E-state index contributed by atoms with van der Waals surface area (Å²) in [5, 5.41) is 9.09. The molecule has 1 atom stereocenters. The predicted molar refractivity (Wildman–Crippen MR) is 68.4 cm³/mol. The van der Waals surface area contributed by atoms with E-state index in [0.29, 0.717) is 11.7 Å². The van der Waals surface area contributed by atoms with E-state index in [-0.39, 0.29) is 6.61 Å². The smallest absolute Gasteiger partial charge is 0.272 e. The minimum atomic E-state index is -2.44. The first-order valence-corrected chi connectivity index (χ1v) is 6.50. The van der Waals surface area contributed by atoms with Crippen molar-refractivity contribution in [3.8, 4) is 5.75 Å². The van der Waals surface area contributed by atoms with Gasteiger partial charge in [0.1, 0.15) is 12.4 Å². The summed E-state index contributed by atoms with van der Waals surface area (Å²) >= 11 is 0. The molecule has 0 spiro atoms.